The van der Waals surface area contributed by atoms with Crippen molar-refractivity contribution in [3.63, 3.8) is 0 Å². The number of quaternary nitrogens is 1. The molecular weight excluding hydrogens is 236 g/mol. The number of nitrogens with one attached hydrogen (secondary N) is 1. The van der Waals surface area contributed by atoms with E-state index in [2.05, 4.69) is 10.6 Å². The van der Waals surface area contributed by atoms with Crippen LogP contribution in [0.2, 0.25) is 0 Å². The maximum absolute atomic E-state index is 11.9. The Morgan fingerprint density at radius 1 is 1.05 bits per heavy atom. The van der Waals surface area contributed by atoms with E-state index in [4.69, 9.17) is 0 Å². The second-order valence-corrected chi connectivity index (χ2v) is 5.46. The number of para-hydroxylation sites is 1. The monoisotopic (exact) mass is 261 g/mol. The van der Waals surface area contributed by atoms with E-state index < -0.39 is 0 Å². The van der Waals surface area contributed by atoms with E-state index in [-0.39, 0.29) is 5.91 Å². The average Bonchev–Trinajstić information content (AvgIpc) is 2.38. The van der Waals surface area contributed by atoms with Crippen LogP contribution in [0, 0.1) is 0 Å². The quantitative estimate of drug-likeness (QED) is 0.858. The smallest absolute Gasteiger partial charge is 0.279 e. The van der Waals surface area contributed by atoms with Gasteiger partial charge in [-0.25, -0.2) is 0 Å². The summed E-state index contributed by atoms with van der Waals surface area (Å²) in [6.07, 6.45) is 9.28. The lowest BCUT2D eigenvalue weighted by atomic mass is 9.97. The van der Waals surface area contributed by atoms with E-state index >= 15 is 0 Å². The van der Waals surface area contributed by atoms with Gasteiger partial charge in [-0.15, -0.1) is 0 Å². The van der Waals surface area contributed by atoms with Crippen molar-refractivity contribution in [1.29, 1.82) is 0 Å². The number of rotatable bonds is 4. The average molecular weight is 261 g/mol. The number of nitrogens with two attached hydrogens (primary N) is 1. The summed E-state index contributed by atoms with van der Waals surface area (Å²) in [5, 5.41) is 5.17. The highest BCUT2D eigenvalue weighted by molar-refractivity contribution is 5.91. The van der Waals surface area contributed by atoms with Crippen LogP contribution < -0.4 is 10.6 Å². The van der Waals surface area contributed by atoms with Crippen molar-refractivity contribution in [2.75, 3.05) is 11.9 Å². The topological polar surface area (TPSA) is 45.7 Å². The molecule has 19 heavy (non-hydrogen) atoms. The molecule has 0 saturated heterocycles. The predicted octanol–water partition coefficient (Wildman–Crippen LogP) is 2.30. The molecule has 1 fully saturated rings. The van der Waals surface area contributed by atoms with E-state index in [9.17, 15) is 4.79 Å². The molecular formula is C16H25N2O+. The Labute approximate surface area is 115 Å². The summed E-state index contributed by atoms with van der Waals surface area (Å²) in [5.74, 6) is 0.105. The summed E-state index contributed by atoms with van der Waals surface area (Å²) in [7, 11) is 0. The van der Waals surface area contributed by atoms with Crippen molar-refractivity contribution in [2.24, 2.45) is 0 Å². The third-order valence-corrected chi connectivity index (χ3v) is 3.84. The molecule has 3 heteroatoms. The molecule has 0 aromatic heterocycles. The minimum absolute atomic E-state index is 0.105. The highest BCUT2D eigenvalue weighted by Crippen LogP contribution is 2.14. The number of hydrogen-bond acceptors (Lipinski definition) is 1. The Morgan fingerprint density at radius 2 is 1.68 bits per heavy atom. The van der Waals surface area contributed by atoms with E-state index in [1.807, 2.05) is 30.3 Å². The predicted molar refractivity (Wildman–Crippen MR) is 78.0 cm³/mol. The second kappa shape index (κ2) is 7.95. The number of carbonyl (C=O) groups is 1. The maximum atomic E-state index is 11.9. The van der Waals surface area contributed by atoms with Gasteiger partial charge in [0.2, 0.25) is 0 Å². The summed E-state index contributed by atoms with van der Waals surface area (Å²) in [6, 6.07) is 10.3. The summed E-state index contributed by atoms with van der Waals surface area (Å²) in [4.78, 5) is 11.9. The number of anilines is 1. The van der Waals surface area contributed by atoms with Gasteiger partial charge < -0.3 is 10.6 Å². The largest absolute Gasteiger partial charge is 0.336 e. The van der Waals surface area contributed by atoms with Crippen LogP contribution in [-0.4, -0.2) is 18.5 Å². The lowest BCUT2D eigenvalue weighted by molar-refractivity contribution is -0.680. The van der Waals surface area contributed by atoms with E-state index in [1.54, 1.807) is 0 Å². The first-order valence-electron chi connectivity index (χ1n) is 7.53. The fourth-order valence-electron chi connectivity index (χ4n) is 2.73. The van der Waals surface area contributed by atoms with E-state index in [1.165, 1.54) is 44.9 Å². The van der Waals surface area contributed by atoms with Gasteiger partial charge in [0.25, 0.3) is 5.91 Å². The SMILES string of the molecule is O=C(C[NH2+]C1CCCCCCC1)Nc1ccccc1. The zero-order chi connectivity index (χ0) is 13.3. The molecule has 1 aliphatic rings. The minimum Gasteiger partial charge on any atom is -0.336 e. The Balaban J connectivity index is 1.70. The Bertz CT molecular complexity index is 370. The molecule has 1 aliphatic carbocycles. The molecule has 0 bridgehead atoms. The van der Waals surface area contributed by atoms with Crippen LogP contribution in [0.25, 0.3) is 0 Å². The summed E-state index contributed by atoms with van der Waals surface area (Å²) >= 11 is 0. The summed E-state index contributed by atoms with van der Waals surface area (Å²) in [5.41, 5.74) is 0.888. The molecule has 0 spiro atoms. The molecule has 1 aromatic carbocycles. The molecule has 0 unspecified atom stereocenters. The lowest BCUT2D eigenvalue weighted by Gasteiger charge is -2.17. The van der Waals surface area contributed by atoms with Crippen LogP contribution in [0.5, 0.6) is 0 Å². The molecule has 0 radical (unpaired) electrons. The Hall–Kier alpha value is -1.35. The number of carbonyl (C=O) groups excluding carboxylic acids is 1. The lowest BCUT2D eigenvalue weighted by Crippen LogP contribution is -2.91. The third-order valence-electron chi connectivity index (χ3n) is 3.84. The van der Waals surface area contributed by atoms with E-state index in [0.717, 1.165) is 5.69 Å². The normalized spacial score (nSPS) is 17.5. The van der Waals surface area contributed by atoms with Gasteiger partial charge in [0.1, 0.15) is 0 Å². The van der Waals surface area contributed by atoms with Gasteiger partial charge in [-0.1, -0.05) is 37.5 Å². The summed E-state index contributed by atoms with van der Waals surface area (Å²) in [6.45, 7) is 0.541. The van der Waals surface area contributed by atoms with Crippen LogP contribution in [0.15, 0.2) is 30.3 Å². The van der Waals surface area contributed by atoms with Crippen LogP contribution in [-0.2, 0) is 4.79 Å². The first-order chi connectivity index (χ1) is 9.34. The fraction of sp³-hybridized carbons (Fsp3) is 0.562. The first kappa shape index (κ1) is 14.1. The highest BCUT2D eigenvalue weighted by Gasteiger charge is 2.15. The van der Waals surface area contributed by atoms with Gasteiger partial charge in [-0.3, -0.25) is 4.79 Å². The molecule has 3 N–H and O–H groups in total. The third kappa shape index (κ3) is 5.43. The molecule has 104 valence electrons. The van der Waals surface area contributed by atoms with Gasteiger partial charge in [-0.05, 0) is 37.8 Å². The summed E-state index contributed by atoms with van der Waals surface area (Å²) < 4.78 is 0. The van der Waals surface area contributed by atoms with Crippen molar-refractivity contribution in [3.05, 3.63) is 30.3 Å². The highest BCUT2D eigenvalue weighted by atomic mass is 16.1. The first-order valence-corrected chi connectivity index (χ1v) is 7.53. The zero-order valence-electron chi connectivity index (χ0n) is 11.6. The van der Waals surface area contributed by atoms with Crippen LogP contribution in [0.4, 0.5) is 5.69 Å². The number of amides is 1. The van der Waals surface area contributed by atoms with Gasteiger partial charge in [-0.2, -0.15) is 0 Å². The van der Waals surface area contributed by atoms with Gasteiger partial charge in [0.15, 0.2) is 6.54 Å². The minimum atomic E-state index is 0.105. The van der Waals surface area contributed by atoms with Crippen molar-refractivity contribution in [2.45, 2.75) is 51.0 Å². The standard InChI is InChI=1S/C16H24N2O/c19-16(18-15-11-7-4-8-12-15)13-17-14-9-5-2-1-3-6-10-14/h4,7-8,11-12,14,17H,1-3,5-6,9-10,13H2,(H,18,19)/p+1. The number of hydrogen-bond donors (Lipinski definition) is 2. The van der Waals surface area contributed by atoms with Gasteiger partial charge in [0, 0.05) is 5.69 Å². The van der Waals surface area contributed by atoms with Crippen LogP contribution in [0.1, 0.15) is 44.9 Å². The van der Waals surface area contributed by atoms with Crippen molar-refractivity contribution < 1.29 is 10.1 Å². The van der Waals surface area contributed by atoms with Crippen molar-refractivity contribution in [1.82, 2.24) is 0 Å². The molecule has 0 heterocycles. The fourth-order valence-corrected chi connectivity index (χ4v) is 2.73. The van der Waals surface area contributed by atoms with Crippen molar-refractivity contribution in [3.8, 4) is 0 Å². The number of benzene rings is 1. The van der Waals surface area contributed by atoms with Gasteiger partial charge >= 0.3 is 0 Å². The van der Waals surface area contributed by atoms with Crippen LogP contribution in [0.3, 0.4) is 0 Å². The Morgan fingerprint density at radius 3 is 2.37 bits per heavy atom. The van der Waals surface area contributed by atoms with Crippen LogP contribution >= 0.6 is 0 Å². The maximum Gasteiger partial charge on any atom is 0.279 e. The molecule has 0 atom stereocenters. The van der Waals surface area contributed by atoms with E-state index in [0.29, 0.717) is 12.6 Å². The molecule has 1 amide bonds. The zero-order valence-corrected chi connectivity index (χ0v) is 11.6. The Kier molecular flexibility index (Phi) is 5.89. The molecule has 3 nitrogen and oxygen atoms in total. The molecule has 0 aliphatic heterocycles. The van der Waals surface area contributed by atoms with Crippen molar-refractivity contribution >= 4 is 11.6 Å². The molecule has 2 rings (SSSR count). The van der Waals surface area contributed by atoms with Gasteiger partial charge in [0.05, 0.1) is 6.04 Å². The molecule has 1 saturated carbocycles. The second-order valence-electron chi connectivity index (χ2n) is 5.46. The molecule has 1 aromatic rings.